The standard InChI is InChI=1S/C17H14N2O3S/c1-22-13-4-2-3-11(9-13)16-19-14(15(23-16)17(20)21)10-5-7-12(18)8-6-10/h2-9H,18H2,1H3,(H,20,21). The minimum absolute atomic E-state index is 0.201. The van der Waals surface area contributed by atoms with Gasteiger partial charge in [-0.25, -0.2) is 9.78 Å². The van der Waals surface area contributed by atoms with Gasteiger partial charge in [0.05, 0.1) is 12.8 Å². The summed E-state index contributed by atoms with van der Waals surface area (Å²) in [7, 11) is 1.59. The molecule has 1 heterocycles. The quantitative estimate of drug-likeness (QED) is 0.713. The van der Waals surface area contributed by atoms with Crippen LogP contribution >= 0.6 is 11.3 Å². The van der Waals surface area contributed by atoms with Crippen LogP contribution in [0.4, 0.5) is 5.69 Å². The number of hydrogen-bond acceptors (Lipinski definition) is 5. The number of ether oxygens (including phenoxy) is 1. The second-order valence-electron chi connectivity index (χ2n) is 4.86. The van der Waals surface area contributed by atoms with E-state index in [9.17, 15) is 9.90 Å². The van der Waals surface area contributed by atoms with Crippen molar-refractivity contribution in [2.45, 2.75) is 0 Å². The summed E-state index contributed by atoms with van der Waals surface area (Å²) in [5, 5.41) is 10.1. The maximum absolute atomic E-state index is 11.6. The number of benzene rings is 2. The number of hydrogen-bond donors (Lipinski definition) is 2. The minimum atomic E-state index is -0.997. The molecule has 3 aromatic rings. The number of aromatic carboxylic acids is 1. The number of nitrogen functional groups attached to an aromatic ring is 1. The van der Waals surface area contributed by atoms with Gasteiger partial charge < -0.3 is 15.6 Å². The number of carboxylic acids is 1. The van der Waals surface area contributed by atoms with Gasteiger partial charge in [0.25, 0.3) is 0 Å². The van der Waals surface area contributed by atoms with Crippen LogP contribution in [0.15, 0.2) is 48.5 Å². The molecule has 6 heteroatoms. The van der Waals surface area contributed by atoms with Gasteiger partial charge in [-0.2, -0.15) is 0 Å². The van der Waals surface area contributed by atoms with Gasteiger partial charge in [-0.15, -0.1) is 11.3 Å². The molecule has 5 nitrogen and oxygen atoms in total. The van der Waals surface area contributed by atoms with Gasteiger partial charge in [0.2, 0.25) is 0 Å². The maximum atomic E-state index is 11.6. The van der Waals surface area contributed by atoms with Crippen LogP contribution in [-0.4, -0.2) is 23.2 Å². The molecule has 0 fully saturated rings. The number of anilines is 1. The van der Waals surface area contributed by atoms with E-state index < -0.39 is 5.97 Å². The average molecular weight is 326 g/mol. The molecular formula is C17H14N2O3S. The Hall–Kier alpha value is -2.86. The first-order valence-electron chi connectivity index (χ1n) is 6.83. The van der Waals surface area contributed by atoms with Crippen LogP contribution in [0.25, 0.3) is 21.8 Å². The Morgan fingerprint density at radius 1 is 1.17 bits per heavy atom. The smallest absolute Gasteiger partial charge is 0.348 e. The summed E-state index contributed by atoms with van der Waals surface area (Å²) in [6.45, 7) is 0. The highest BCUT2D eigenvalue weighted by Crippen LogP contribution is 2.35. The molecule has 23 heavy (non-hydrogen) atoms. The molecule has 0 bridgehead atoms. The van der Waals surface area contributed by atoms with Crippen molar-refractivity contribution >= 4 is 23.0 Å². The normalized spacial score (nSPS) is 10.5. The molecule has 0 aliphatic heterocycles. The van der Waals surface area contributed by atoms with Crippen LogP contribution < -0.4 is 10.5 Å². The lowest BCUT2D eigenvalue weighted by atomic mass is 10.1. The first-order chi connectivity index (χ1) is 11.1. The number of aromatic nitrogens is 1. The Bertz CT molecular complexity index is 857. The molecule has 0 saturated carbocycles. The van der Waals surface area contributed by atoms with E-state index in [1.807, 2.05) is 24.3 Å². The second kappa shape index (κ2) is 6.10. The van der Waals surface area contributed by atoms with Crippen LogP contribution in [0.2, 0.25) is 0 Å². The number of methoxy groups -OCH3 is 1. The van der Waals surface area contributed by atoms with Crippen LogP contribution in [0.5, 0.6) is 5.75 Å². The van der Waals surface area contributed by atoms with Gasteiger partial charge in [-0.3, -0.25) is 0 Å². The van der Waals surface area contributed by atoms with Crippen molar-refractivity contribution in [3.63, 3.8) is 0 Å². The maximum Gasteiger partial charge on any atom is 0.348 e. The summed E-state index contributed by atoms with van der Waals surface area (Å²) in [4.78, 5) is 16.3. The molecule has 0 amide bonds. The van der Waals surface area contributed by atoms with Crippen molar-refractivity contribution in [3.05, 3.63) is 53.4 Å². The fraction of sp³-hybridized carbons (Fsp3) is 0.0588. The summed E-state index contributed by atoms with van der Waals surface area (Å²) >= 11 is 1.14. The largest absolute Gasteiger partial charge is 0.497 e. The number of rotatable bonds is 4. The number of nitrogens with zero attached hydrogens (tertiary/aromatic N) is 1. The average Bonchev–Trinajstić information content (AvgIpc) is 3.01. The van der Waals surface area contributed by atoms with Crippen molar-refractivity contribution in [2.75, 3.05) is 12.8 Å². The fourth-order valence-corrected chi connectivity index (χ4v) is 3.10. The number of nitrogens with two attached hydrogens (primary N) is 1. The lowest BCUT2D eigenvalue weighted by molar-refractivity contribution is 0.0702. The SMILES string of the molecule is COc1cccc(-c2nc(-c3ccc(N)cc3)c(C(=O)O)s2)c1. The topological polar surface area (TPSA) is 85.4 Å². The Balaban J connectivity index is 2.12. The molecule has 0 unspecified atom stereocenters. The lowest BCUT2D eigenvalue weighted by Crippen LogP contribution is -1.95. The van der Waals surface area contributed by atoms with Crippen LogP contribution in [0.1, 0.15) is 9.67 Å². The van der Waals surface area contributed by atoms with Gasteiger partial charge >= 0.3 is 5.97 Å². The van der Waals surface area contributed by atoms with E-state index in [0.29, 0.717) is 22.1 Å². The first kappa shape index (κ1) is 15.1. The van der Waals surface area contributed by atoms with Gasteiger partial charge in [-0.1, -0.05) is 24.3 Å². The fourth-order valence-electron chi connectivity index (χ4n) is 2.18. The predicted octanol–water partition coefficient (Wildman–Crippen LogP) is 3.77. The molecule has 3 rings (SSSR count). The van der Waals surface area contributed by atoms with Crippen molar-refractivity contribution < 1.29 is 14.6 Å². The van der Waals surface area contributed by atoms with Crippen molar-refractivity contribution in [3.8, 4) is 27.6 Å². The summed E-state index contributed by atoms with van der Waals surface area (Å²) in [5.74, 6) is -0.299. The molecule has 0 aliphatic carbocycles. The van der Waals surface area contributed by atoms with Crippen molar-refractivity contribution in [1.29, 1.82) is 0 Å². The number of carboxylic acid groups (broad SMARTS) is 1. The van der Waals surface area contributed by atoms with Gasteiger partial charge in [0, 0.05) is 16.8 Å². The number of carbonyl (C=O) groups is 1. The number of thiazole rings is 1. The van der Waals surface area contributed by atoms with E-state index in [-0.39, 0.29) is 4.88 Å². The molecule has 1 aromatic heterocycles. The first-order valence-corrected chi connectivity index (χ1v) is 7.64. The molecule has 3 N–H and O–H groups in total. The molecule has 0 aliphatic rings. The van der Waals surface area contributed by atoms with Gasteiger partial charge in [0.15, 0.2) is 0 Å². The predicted molar refractivity (Wildman–Crippen MR) is 90.9 cm³/mol. The Kier molecular flexibility index (Phi) is 3.99. The third kappa shape index (κ3) is 3.02. The van der Waals surface area contributed by atoms with Gasteiger partial charge in [0.1, 0.15) is 15.6 Å². The zero-order valence-corrected chi connectivity index (χ0v) is 13.1. The highest BCUT2D eigenvalue weighted by atomic mass is 32.1. The zero-order chi connectivity index (χ0) is 16.4. The summed E-state index contributed by atoms with van der Waals surface area (Å²) in [5.41, 5.74) is 8.29. The van der Waals surface area contributed by atoms with Crippen molar-refractivity contribution in [2.24, 2.45) is 0 Å². The second-order valence-corrected chi connectivity index (χ2v) is 5.85. The third-order valence-electron chi connectivity index (χ3n) is 3.32. The highest BCUT2D eigenvalue weighted by Gasteiger charge is 2.19. The van der Waals surface area contributed by atoms with E-state index in [4.69, 9.17) is 10.5 Å². The molecular weight excluding hydrogens is 312 g/mol. The molecule has 0 spiro atoms. The third-order valence-corrected chi connectivity index (χ3v) is 4.41. The van der Waals surface area contributed by atoms with E-state index >= 15 is 0 Å². The molecule has 116 valence electrons. The van der Waals surface area contributed by atoms with E-state index in [0.717, 1.165) is 22.5 Å². The van der Waals surface area contributed by atoms with Crippen LogP contribution in [0, 0.1) is 0 Å². The van der Waals surface area contributed by atoms with Crippen LogP contribution in [0.3, 0.4) is 0 Å². The Morgan fingerprint density at radius 2 is 1.91 bits per heavy atom. The summed E-state index contributed by atoms with van der Waals surface area (Å²) < 4.78 is 5.21. The van der Waals surface area contributed by atoms with E-state index in [1.54, 1.807) is 31.4 Å². The Morgan fingerprint density at radius 3 is 2.57 bits per heavy atom. The molecule has 0 radical (unpaired) electrons. The lowest BCUT2D eigenvalue weighted by Gasteiger charge is -2.01. The summed E-state index contributed by atoms with van der Waals surface area (Å²) in [6, 6.07) is 14.4. The minimum Gasteiger partial charge on any atom is -0.497 e. The van der Waals surface area contributed by atoms with E-state index in [2.05, 4.69) is 4.98 Å². The monoisotopic (exact) mass is 326 g/mol. The summed E-state index contributed by atoms with van der Waals surface area (Å²) in [6.07, 6.45) is 0. The molecule has 0 saturated heterocycles. The van der Waals surface area contributed by atoms with Gasteiger partial charge in [-0.05, 0) is 24.3 Å². The Labute approximate surface area is 137 Å². The highest BCUT2D eigenvalue weighted by molar-refractivity contribution is 7.17. The van der Waals surface area contributed by atoms with E-state index in [1.165, 1.54) is 0 Å². The van der Waals surface area contributed by atoms with Crippen LogP contribution in [-0.2, 0) is 0 Å². The molecule has 2 aromatic carbocycles. The zero-order valence-electron chi connectivity index (χ0n) is 12.3. The molecule has 0 atom stereocenters. The van der Waals surface area contributed by atoms with Crippen molar-refractivity contribution in [1.82, 2.24) is 4.98 Å².